The monoisotopic (exact) mass is 448 g/mol. The Labute approximate surface area is 187 Å². The molecule has 0 aliphatic heterocycles. The quantitative estimate of drug-likeness (QED) is 0.184. The van der Waals surface area contributed by atoms with Crippen LogP contribution in [0.5, 0.6) is 5.75 Å². The van der Waals surface area contributed by atoms with Crippen LogP contribution in [-0.4, -0.2) is 18.1 Å². The summed E-state index contributed by atoms with van der Waals surface area (Å²) in [7, 11) is 0. The molecule has 1 heterocycles. The van der Waals surface area contributed by atoms with Gasteiger partial charge in [-0.25, -0.2) is 10.2 Å². The van der Waals surface area contributed by atoms with E-state index in [9.17, 15) is 9.59 Å². The maximum atomic E-state index is 12.6. The van der Waals surface area contributed by atoms with Crippen LogP contribution in [-0.2, 0) is 11.2 Å². The fourth-order valence-corrected chi connectivity index (χ4v) is 4.34. The molecule has 5 nitrogen and oxygen atoms in total. The van der Waals surface area contributed by atoms with E-state index in [1.165, 1.54) is 17.6 Å². The Morgan fingerprint density at radius 3 is 2.58 bits per heavy atom. The Kier molecular flexibility index (Phi) is 6.40. The third kappa shape index (κ3) is 5.17. The summed E-state index contributed by atoms with van der Waals surface area (Å²) >= 11 is 7.65. The number of fused-ring (bicyclic) bond motifs is 1. The number of nitrogens with zero attached hydrogens (tertiary/aromatic N) is 1. The van der Waals surface area contributed by atoms with Crippen molar-refractivity contribution in [1.82, 2.24) is 5.43 Å². The van der Waals surface area contributed by atoms with Crippen molar-refractivity contribution in [3.8, 4) is 5.75 Å². The molecule has 1 N–H and O–H groups in total. The minimum atomic E-state index is -0.517. The second-order valence-corrected chi connectivity index (χ2v) is 8.09. The lowest BCUT2D eigenvalue weighted by Crippen LogP contribution is -2.19. The highest BCUT2D eigenvalue weighted by Crippen LogP contribution is 2.35. The third-order valence-electron chi connectivity index (χ3n) is 4.40. The second kappa shape index (κ2) is 9.55. The predicted molar refractivity (Wildman–Crippen MR) is 124 cm³/mol. The van der Waals surface area contributed by atoms with Gasteiger partial charge in [0.1, 0.15) is 10.6 Å². The summed E-state index contributed by atoms with van der Waals surface area (Å²) in [6, 6.07) is 23.8. The molecule has 0 bridgehead atoms. The van der Waals surface area contributed by atoms with Gasteiger partial charge in [0.05, 0.1) is 17.7 Å². The van der Waals surface area contributed by atoms with Crippen molar-refractivity contribution < 1.29 is 14.3 Å². The number of hydrazone groups is 1. The molecule has 154 valence electrons. The van der Waals surface area contributed by atoms with E-state index in [2.05, 4.69) is 10.5 Å². The maximum absolute atomic E-state index is 12.6. The number of esters is 1. The third-order valence-corrected chi connectivity index (χ3v) is 6.05. The second-order valence-electron chi connectivity index (χ2n) is 6.66. The molecule has 0 spiro atoms. The number of ether oxygens (including phenoxy) is 1. The number of hydrogen-bond donors (Lipinski definition) is 1. The van der Waals surface area contributed by atoms with Crippen molar-refractivity contribution in [2.24, 2.45) is 5.10 Å². The van der Waals surface area contributed by atoms with Crippen LogP contribution in [0.4, 0.5) is 0 Å². The Balaban J connectivity index is 1.39. The summed E-state index contributed by atoms with van der Waals surface area (Å²) in [4.78, 5) is 24.9. The van der Waals surface area contributed by atoms with E-state index < -0.39 is 5.97 Å². The van der Waals surface area contributed by atoms with Crippen LogP contribution >= 0.6 is 22.9 Å². The van der Waals surface area contributed by atoms with E-state index in [0.717, 1.165) is 15.6 Å². The minimum Gasteiger partial charge on any atom is -0.422 e. The standard InChI is InChI=1S/C24H17ClN2O3S/c25-22-19-11-4-5-12-20(19)31-23(22)24(29)30-18-10-6-9-17(13-18)15-26-27-21(28)14-16-7-2-1-3-8-16/h1-13,15H,14H2,(H,27,28). The van der Waals surface area contributed by atoms with E-state index in [0.29, 0.717) is 21.2 Å². The van der Waals surface area contributed by atoms with E-state index in [1.54, 1.807) is 24.3 Å². The van der Waals surface area contributed by atoms with Gasteiger partial charge in [-0.2, -0.15) is 5.10 Å². The van der Waals surface area contributed by atoms with Crippen LogP contribution in [0, 0.1) is 0 Å². The molecule has 7 heteroatoms. The van der Waals surface area contributed by atoms with E-state index >= 15 is 0 Å². The van der Waals surface area contributed by atoms with Crippen molar-refractivity contribution in [3.05, 3.63) is 99.9 Å². The van der Waals surface area contributed by atoms with E-state index in [4.69, 9.17) is 16.3 Å². The van der Waals surface area contributed by atoms with Crippen molar-refractivity contribution in [2.75, 3.05) is 0 Å². The minimum absolute atomic E-state index is 0.218. The number of thiophene rings is 1. The number of carbonyl (C=O) groups excluding carboxylic acids is 2. The molecule has 1 aromatic heterocycles. The Bertz CT molecular complexity index is 1270. The van der Waals surface area contributed by atoms with Crippen LogP contribution in [0.2, 0.25) is 5.02 Å². The molecular formula is C24H17ClN2O3S. The van der Waals surface area contributed by atoms with Crippen molar-refractivity contribution in [2.45, 2.75) is 6.42 Å². The summed E-state index contributed by atoms with van der Waals surface area (Å²) < 4.78 is 6.42. The summed E-state index contributed by atoms with van der Waals surface area (Å²) in [5, 5.41) is 5.20. The van der Waals surface area contributed by atoms with Gasteiger partial charge in [0.25, 0.3) is 0 Å². The first-order valence-electron chi connectivity index (χ1n) is 9.45. The van der Waals surface area contributed by atoms with Gasteiger partial charge in [-0.05, 0) is 29.3 Å². The molecule has 0 aliphatic rings. The molecule has 4 rings (SSSR count). The first kappa shape index (κ1) is 20.8. The Morgan fingerprint density at radius 1 is 1.00 bits per heavy atom. The number of carbonyl (C=O) groups is 2. The van der Waals surface area contributed by atoms with Crippen molar-refractivity contribution in [3.63, 3.8) is 0 Å². The lowest BCUT2D eigenvalue weighted by molar-refractivity contribution is -0.120. The normalized spacial score (nSPS) is 11.0. The van der Waals surface area contributed by atoms with Crippen LogP contribution in [0.3, 0.4) is 0 Å². The number of amides is 1. The highest BCUT2D eigenvalue weighted by Gasteiger charge is 2.19. The van der Waals surface area contributed by atoms with Crippen LogP contribution in [0.1, 0.15) is 20.8 Å². The molecule has 0 unspecified atom stereocenters. The smallest absolute Gasteiger partial charge is 0.355 e. The van der Waals surface area contributed by atoms with E-state index in [-0.39, 0.29) is 12.3 Å². The molecule has 0 atom stereocenters. The zero-order valence-electron chi connectivity index (χ0n) is 16.2. The van der Waals surface area contributed by atoms with Gasteiger partial charge in [0.15, 0.2) is 0 Å². The highest BCUT2D eigenvalue weighted by atomic mass is 35.5. The molecule has 3 aromatic carbocycles. The summed E-state index contributed by atoms with van der Waals surface area (Å²) in [5.74, 6) is -0.376. The van der Waals surface area contributed by atoms with Gasteiger partial charge in [-0.3, -0.25) is 4.79 Å². The molecule has 4 aromatic rings. The zero-order valence-corrected chi connectivity index (χ0v) is 17.8. The van der Waals surface area contributed by atoms with Crippen LogP contribution < -0.4 is 10.2 Å². The molecule has 0 saturated heterocycles. The average Bonchev–Trinajstić information content (AvgIpc) is 3.12. The topological polar surface area (TPSA) is 67.8 Å². The molecule has 0 fully saturated rings. The molecule has 31 heavy (non-hydrogen) atoms. The fourth-order valence-electron chi connectivity index (χ4n) is 2.96. The maximum Gasteiger partial charge on any atom is 0.355 e. The van der Waals surface area contributed by atoms with Gasteiger partial charge >= 0.3 is 5.97 Å². The Hall–Kier alpha value is -3.48. The molecule has 0 radical (unpaired) electrons. The van der Waals surface area contributed by atoms with Crippen LogP contribution in [0.15, 0.2) is 84.0 Å². The van der Waals surface area contributed by atoms with Gasteiger partial charge in [-0.1, -0.05) is 72.3 Å². The van der Waals surface area contributed by atoms with Crippen molar-refractivity contribution in [1.29, 1.82) is 0 Å². The number of rotatable bonds is 6. The number of hydrogen-bond acceptors (Lipinski definition) is 5. The summed E-state index contributed by atoms with van der Waals surface area (Å²) in [5.41, 5.74) is 4.08. The van der Waals surface area contributed by atoms with Crippen LogP contribution in [0.25, 0.3) is 10.1 Å². The first-order chi connectivity index (χ1) is 15.1. The lowest BCUT2D eigenvalue weighted by Gasteiger charge is -2.04. The lowest BCUT2D eigenvalue weighted by atomic mass is 10.1. The number of nitrogens with one attached hydrogen (secondary N) is 1. The first-order valence-corrected chi connectivity index (χ1v) is 10.6. The number of benzene rings is 3. The average molecular weight is 449 g/mol. The van der Waals surface area contributed by atoms with Gasteiger partial charge < -0.3 is 4.74 Å². The highest BCUT2D eigenvalue weighted by molar-refractivity contribution is 7.21. The van der Waals surface area contributed by atoms with E-state index in [1.807, 2.05) is 54.6 Å². The van der Waals surface area contributed by atoms with Gasteiger partial charge in [0.2, 0.25) is 5.91 Å². The largest absolute Gasteiger partial charge is 0.422 e. The molecule has 0 saturated carbocycles. The summed E-state index contributed by atoms with van der Waals surface area (Å²) in [6.45, 7) is 0. The predicted octanol–water partition coefficient (Wildman–Crippen LogP) is 5.47. The number of halogens is 1. The Morgan fingerprint density at radius 2 is 1.77 bits per heavy atom. The van der Waals surface area contributed by atoms with Gasteiger partial charge in [0, 0.05) is 10.1 Å². The summed E-state index contributed by atoms with van der Waals surface area (Å²) in [6.07, 6.45) is 1.73. The van der Waals surface area contributed by atoms with Crippen molar-refractivity contribution >= 4 is 51.1 Å². The molecular weight excluding hydrogens is 432 g/mol. The zero-order chi connectivity index (χ0) is 21.6. The van der Waals surface area contributed by atoms with Gasteiger partial charge in [-0.15, -0.1) is 11.3 Å². The fraction of sp³-hybridized carbons (Fsp3) is 0.0417. The molecule has 0 aliphatic carbocycles. The SMILES string of the molecule is O=C(Cc1ccccc1)NN=Cc1cccc(OC(=O)c2sc3ccccc3c2Cl)c1. The molecule has 1 amide bonds.